The molecule has 4 aromatic carbocycles. The van der Waals surface area contributed by atoms with Crippen molar-refractivity contribution >= 4 is 81.7 Å². The zero-order valence-electron chi connectivity index (χ0n) is 72.1. The predicted molar refractivity (Wildman–Crippen MR) is 455 cm³/mol. The van der Waals surface area contributed by atoms with E-state index < -0.39 is 76.5 Å². The summed E-state index contributed by atoms with van der Waals surface area (Å²) in [7, 11) is 4.74. The molecule has 2 bridgehead atoms. The topological polar surface area (TPSA) is 401 Å². The van der Waals surface area contributed by atoms with E-state index in [0.717, 1.165) is 115 Å². The first-order valence-electron chi connectivity index (χ1n) is 42.2. The Morgan fingerprint density at radius 2 is 0.942 bits per heavy atom. The van der Waals surface area contributed by atoms with Crippen LogP contribution >= 0.6 is 0 Å². The number of alkyl carbamates (subject to hydrolysis) is 3. The summed E-state index contributed by atoms with van der Waals surface area (Å²) < 4.78 is 45.3. The fourth-order valence-corrected chi connectivity index (χ4v) is 15.1. The molecule has 32 heteroatoms. The zero-order valence-corrected chi connectivity index (χ0v) is 72.1. The summed E-state index contributed by atoms with van der Waals surface area (Å²) in [6.07, 6.45) is 11.9. The molecule has 656 valence electrons. The third-order valence-corrected chi connectivity index (χ3v) is 20.9. The van der Waals surface area contributed by atoms with Crippen LogP contribution in [0.1, 0.15) is 236 Å². The number of ether oxygens (including phenoxy) is 7. The van der Waals surface area contributed by atoms with E-state index in [1.54, 1.807) is 19.0 Å². The third kappa shape index (κ3) is 29.4. The summed E-state index contributed by atoms with van der Waals surface area (Å²) in [5.41, 5.74) is 13.2. The second-order valence-corrected chi connectivity index (χ2v) is 34.0. The molecule has 6 N–H and O–H groups in total. The number of unbranched alkanes of at least 4 members (excludes halogenated alkanes) is 12. The van der Waals surface area contributed by atoms with Crippen LogP contribution in [-0.4, -0.2) is 201 Å². The van der Waals surface area contributed by atoms with E-state index in [-0.39, 0.29) is 150 Å². The van der Waals surface area contributed by atoms with E-state index >= 15 is 0 Å². The summed E-state index contributed by atoms with van der Waals surface area (Å²) in [5.74, 6) is -2.51. The summed E-state index contributed by atoms with van der Waals surface area (Å²) in [5, 5.41) is 21.9. The minimum atomic E-state index is -1.07. The number of aryl methyl sites for hydroxylation is 1. The van der Waals surface area contributed by atoms with Crippen molar-refractivity contribution in [2.45, 2.75) is 237 Å². The van der Waals surface area contributed by atoms with Gasteiger partial charge in [0.15, 0.2) is 6.61 Å². The number of likely N-dealkylation sites (tertiary alicyclic amines) is 1. The fraction of sp³-hybridized carbons (Fsp3) is 0.602. The lowest BCUT2D eigenvalue weighted by Crippen LogP contribution is -2.48. The van der Waals surface area contributed by atoms with Crippen LogP contribution in [0.4, 0.5) is 31.4 Å². The minimum absolute atomic E-state index is 0.00920. The van der Waals surface area contributed by atoms with Crippen molar-refractivity contribution < 1.29 is 80.7 Å². The maximum absolute atomic E-state index is 14.8. The number of rotatable bonds is 47. The average Bonchev–Trinajstić information content (AvgIpc) is 0.719. The van der Waals surface area contributed by atoms with Gasteiger partial charge in [0.1, 0.15) is 28.6 Å². The SMILES string of the molecule is CN(CCOCCOCCOCCN(C)C(=O)[C@@H]1CC(N=[N+]=[N-])CN1C(=O)COc1ccc2c(=O)oc(=O)n(C)c2c1)C(=O)CCC12c3cc(NC(=O)CCCCCCCNC(=O)OC(C)(C)C)ccc3C(c3ccc(NC(=O)CCCCCCCNC(=O)OC(C)(C)C)cc31)c1ccc(NC(=O)CCCCCCCNC(=O)OC(C)(C)C)cc12. The Balaban J connectivity index is 0.896. The van der Waals surface area contributed by atoms with Crippen LogP contribution in [0.25, 0.3) is 21.3 Å². The highest BCUT2D eigenvalue weighted by molar-refractivity contribution is 5.94. The van der Waals surface area contributed by atoms with Crippen LogP contribution < -0.4 is 48.0 Å². The second kappa shape index (κ2) is 45.7. The molecule has 1 aromatic heterocycles. The minimum Gasteiger partial charge on any atom is -0.484 e. The maximum atomic E-state index is 14.8. The Labute approximate surface area is 702 Å². The molecule has 1 saturated heterocycles. The molecular weight excluding hydrogens is 1540 g/mol. The number of azide groups is 1. The maximum Gasteiger partial charge on any atom is 0.422 e. The monoisotopic (exact) mass is 1670 g/mol. The first-order chi connectivity index (χ1) is 57.1. The van der Waals surface area contributed by atoms with E-state index in [2.05, 4.69) is 60.1 Å². The average molecular weight is 1670 g/mol. The Bertz CT molecular complexity index is 4250. The highest BCUT2D eigenvalue weighted by Crippen LogP contribution is 2.62. The van der Waals surface area contributed by atoms with Crippen molar-refractivity contribution in [2.75, 3.05) is 116 Å². The molecule has 9 rings (SSSR count). The molecular formula is C88H125N13O19. The molecule has 2 atom stereocenters. The number of carbonyl (C=O) groups is 9. The number of hydrogen-bond donors (Lipinski definition) is 6. The van der Waals surface area contributed by atoms with Crippen molar-refractivity contribution in [3.63, 3.8) is 0 Å². The lowest BCUT2D eigenvalue weighted by atomic mass is 9.51. The lowest BCUT2D eigenvalue weighted by molar-refractivity contribution is -0.144. The van der Waals surface area contributed by atoms with E-state index in [0.29, 0.717) is 56.0 Å². The van der Waals surface area contributed by atoms with Gasteiger partial charge in [0.2, 0.25) is 29.5 Å². The van der Waals surface area contributed by atoms with E-state index in [9.17, 15) is 58.3 Å². The molecule has 1 aliphatic heterocycles. The Hall–Kier alpha value is -10.6. The highest BCUT2D eigenvalue weighted by Gasteiger charge is 2.52. The fourth-order valence-electron chi connectivity index (χ4n) is 15.1. The van der Waals surface area contributed by atoms with Crippen molar-refractivity contribution in [3.05, 3.63) is 138 Å². The normalized spacial score (nSPS) is 15.7. The van der Waals surface area contributed by atoms with Gasteiger partial charge in [-0.2, -0.15) is 0 Å². The molecule has 1 unspecified atom stereocenters. The number of anilines is 3. The Morgan fingerprint density at radius 1 is 0.533 bits per heavy atom. The predicted octanol–water partition coefficient (Wildman–Crippen LogP) is 13.2. The summed E-state index contributed by atoms with van der Waals surface area (Å²) in [6.45, 7) is 19.0. The van der Waals surface area contributed by atoms with Gasteiger partial charge in [-0.3, -0.25) is 33.3 Å². The molecule has 0 radical (unpaired) electrons. The number of likely N-dealkylation sites (N-methyl/N-ethyl adjacent to an activating group) is 2. The number of nitrogens with zero attached hydrogens (tertiary/aromatic N) is 7. The largest absolute Gasteiger partial charge is 0.484 e. The van der Waals surface area contributed by atoms with Gasteiger partial charge in [-0.15, -0.1) is 0 Å². The van der Waals surface area contributed by atoms with Crippen LogP contribution in [0.3, 0.4) is 0 Å². The van der Waals surface area contributed by atoms with Gasteiger partial charge in [-0.25, -0.2) is 24.0 Å². The van der Waals surface area contributed by atoms with Crippen molar-refractivity contribution in [1.29, 1.82) is 0 Å². The van der Waals surface area contributed by atoms with E-state index in [1.807, 2.05) is 98.7 Å². The van der Waals surface area contributed by atoms with Gasteiger partial charge >= 0.3 is 29.7 Å². The van der Waals surface area contributed by atoms with Gasteiger partial charge in [0, 0.05) is 125 Å². The number of aromatic nitrogens is 1. The molecule has 0 saturated carbocycles. The standard InChI is InChI=1S/C88H125N13O19/c1-85(2,3)118-81(109)90-41-25-19-13-16-22-28-73(102)93-59-31-35-64-68(52-59)88(40-39-76(105)98(10)44-46-113-48-50-115-51-49-114-47-45-99(11)79(107)72-55-62(96-97-89)57-101(72)77(106)58-116-63-34-38-67-71(56-63)100(12)84(112)117-80(67)108)69-53-60(94-74(103)29-23-17-14-20-26-42-91-82(110)119-86(4,5)6)32-36-65(69)78(64)66-37-33-61(54-70(66)88)95-75(104)30-24-18-15-21-27-43-92-83(111)120-87(7,8)9/h31-38,52-54,56,62,72,78H,13-30,39-51,55,57-58H2,1-12H3,(H,90,109)(H,91,110)(H,92,111)(H,93,102)(H,94,103)(H,95,104)/t62?,72-,78?,88?/m0/s1. The second-order valence-electron chi connectivity index (χ2n) is 34.0. The Morgan fingerprint density at radius 3 is 1.37 bits per heavy atom. The molecule has 3 aliphatic carbocycles. The molecule has 9 amide bonds. The third-order valence-electron chi connectivity index (χ3n) is 20.9. The first kappa shape index (κ1) is 94.9. The van der Waals surface area contributed by atoms with Crippen LogP contribution in [0.2, 0.25) is 0 Å². The van der Waals surface area contributed by atoms with Crippen molar-refractivity contribution in [1.82, 2.24) is 35.2 Å². The first-order valence-corrected chi connectivity index (χ1v) is 42.2. The Kier molecular flexibility index (Phi) is 36.2. The molecule has 5 aromatic rings. The van der Waals surface area contributed by atoms with Crippen LogP contribution in [0.15, 0.2) is 91.9 Å². The number of hydrogen-bond acceptors (Lipinski definition) is 20. The van der Waals surface area contributed by atoms with E-state index in [1.165, 1.54) is 35.0 Å². The van der Waals surface area contributed by atoms with E-state index in [4.69, 9.17) is 37.6 Å². The van der Waals surface area contributed by atoms with Crippen LogP contribution in [-0.2, 0) is 69.7 Å². The summed E-state index contributed by atoms with van der Waals surface area (Å²) in [6, 6.07) is 20.7. The summed E-state index contributed by atoms with van der Waals surface area (Å²) in [4.78, 5) is 152. The van der Waals surface area contributed by atoms with Gasteiger partial charge < -0.3 is 84.2 Å². The van der Waals surface area contributed by atoms with Gasteiger partial charge in [0.25, 0.3) is 5.91 Å². The molecule has 0 spiro atoms. The smallest absolute Gasteiger partial charge is 0.422 e. The number of benzene rings is 4. The molecule has 2 heterocycles. The number of nitrogens with one attached hydrogen (secondary N) is 6. The molecule has 120 heavy (non-hydrogen) atoms. The molecule has 32 nitrogen and oxygen atoms in total. The summed E-state index contributed by atoms with van der Waals surface area (Å²) >= 11 is 0. The number of fused-ring (bicyclic) bond motifs is 1. The van der Waals surface area contributed by atoms with Crippen LogP contribution in [0, 0.1) is 0 Å². The lowest BCUT2D eigenvalue weighted by Gasteiger charge is -2.51. The van der Waals surface area contributed by atoms with Gasteiger partial charge in [-0.05, 0) is 201 Å². The quantitative estimate of drug-likeness (QED) is 0.00692. The molecule has 4 aliphatic rings. The van der Waals surface area contributed by atoms with Gasteiger partial charge in [0.05, 0.1) is 56.6 Å². The zero-order chi connectivity index (χ0) is 87.2. The highest BCUT2D eigenvalue weighted by atomic mass is 16.6. The van der Waals surface area contributed by atoms with Crippen molar-refractivity contribution in [3.8, 4) is 5.75 Å². The van der Waals surface area contributed by atoms with Crippen molar-refractivity contribution in [2.24, 2.45) is 12.2 Å². The number of carbonyl (C=O) groups excluding carboxylic acids is 9. The van der Waals surface area contributed by atoms with Gasteiger partial charge in [-0.1, -0.05) is 81.1 Å². The molecule has 1 fully saturated rings. The van der Waals surface area contributed by atoms with Crippen LogP contribution in [0.5, 0.6) is 5.75 Å². The number of amides is 9.